The molecule has 0 fully saturated rings. The summed E-state index contributed by atoms with van der Waals surface area (Å²) in [5.74, 6) is 0.897. The number of nitrogen functional groups attached to an aromatic ring is 1. The molecule has 1 aromatic heterocycles. The summed E-state index contributed by atoms with van der Waals surface area (Å²) < 4.78 is 5.15. The number of hydrogen-bond donors (Lipinski definition) is 2. The molecule has 0 aliphatic heterocycles. The number of benzene rings is 1. The number of nitrogens with one attached hydrogen (secondary N) is 1. The SMILES string of the molecule is COc1ccc(CCC(C)NCc2nnc(N)s2)cc1. The van der Waals surface area contributed by atoms with Crippen LogP contribution in [0.4, 0.5) is 5.13 Å². The van der Waals surface area contributed by atoms with E-state index in [1.165, 1.54) is 16.9 Å². The first-order chi connectivity index (χ1) is 9.67. The molecule has 1 heterocycles. The predicted octanol–water partition coefficient (Wildman–Crippen LogP) is 2.24. The highest BCUT2D eigenvalue weighted by molar-refractivity contribution is 7.15. The van der Waals surface area contributed by atoms with Gasteiger partial charge >= 0.3 is 0 Å². The lowest BCUT2D eigenvalue weighted by molar-refractivity contribution is 0.414. The second-order valence-corrected chi connectivity index (χ2v) is 5.80. The zero-order chi connectivity index (χ0) is 14.4. The monoisotopic (exact) mass is 292 g/mol. The first-order valence-electron chi connectivity index (χ1n) is 6.61. The van der Waals surface area contributed by atoms with E-state index in [0.29, 0.717) is 11.2 Å². The van der Waals surface area contributed by atoms with E-state index in [9.17, 15) is 0 Å². The molecule has 20 heavy (non-hydrogen) atoms. The Morgan fingerprint density at radius 2 is 2.05 bits per heavy atom. The number of aryl methyl sites for hydroxylation is 1. The zero-order valence-electron chi connectivity index (χ0n) is 11.8. The molecule has 1 unspecified atom stereocenters. The molecule has 0 aliphatic carbocycles. The largest absolute Gasteiger partial charge is 0.497 e. The lowest BCUT2D eigenvalue weighted by atomic mass is 10.1. The standard InChI is InChI=1S/C14H20N4OS/c1-10(16-9-13-17-18-14(15)20-13)3-4-11-5-7-12(19-2)8-6-11/h5-8,10,16H,3-4,9H2,1-2H3,(H2,15,18). The molecule has 1 atom stereocenters. The maximum absolute atomic E-state index is 5.55. The number of methoxy groups -OCH3 is 1. The van der Waals surface area contributed by atoms with E-state index in [0.717, 1.165) is 30.1 Å². The number of nitrogens with two attached hydrogens (primary N) is 1. The van der Waals surface area contributed by atoms with Crippen molar-refractivity contribution in [1.29, 1.82) is 0 Å². The summed E-state index contributed by atoms with van der Waals surface area (Å²) >= 11 is 1.43. The Labute approximate surface area is 123 Å². The Morgan fingerprint density at radius 3 is 2.65 bits per heavy atom. The minimum absolute atomic E-state index is 0.419. The average molecular weight is 292 g/mol. The number of rotatable bonds is 7. The summed E-state index contributed by atoms with van der Waals surface area (Å²) in [5.41, 5.74) is 6.87. The number of aromatic nitrogens is 2. The second-order valence-electron chi connectivity index (χ2n) is 4.70. The Kier molecular flexibility index (Phi) is 5.31. The molecule has 5 nitrogen and oxygen atoms in total. The Morgan fingerprint density at radius 1 is 1.30 bits per heavy atom. The maximum Gasteiger partial charge on any atom is 0.203 e. The smallest absolute Gasteiger partial charge is 0.203 e. The molecule has 2 aromatic rings. The summed E-state index contributed by atoms with van der Waals surface area (Å²) in [6.45, 7) is 2.90. The van der Waals surface area contributed by atoms with Crippen molar-refractivity contribution in [2.45, 2.75) is 32.4 Å². The van der Waals surface area contributed by atoms with Crippen LogP contribution in [-0.2, 0) is 13.0 Å². The average Bonchev–Trinajstić information content (AvgIpc) is 2.89. The van der Waals surface area contributed by atoms with Crippen LogP contribution in [0.2, 0.25) is 0 Å². The molecule has 0 radical (unpaired) electrons. The normalized spacial score (nSPS) is 12.3. The molecule has 0 aliphatic rings. The Balaban J connectivity index is 1.72. The van der Waals surface area contributed by atoms with Gasteiger partial charge in [0.05, 0.1) is 13.7 Å². The number of ether oxygens (including phenoxy) is 1. The Hall–Kier alpha value is -1.66. The van der Waals surface area contributed by atoms with Crippen LogP contribution < -0.4 is 15.8 Å². The van der Waals surface area contributed by atoms with Gasteiger partial charge in [-0.05, 0) is 37.5 Å². The van der Waals surface area contributed by atoms with E-state index >= 15 is 0 Å². The van der Waals surface area contributed by atoms with Crippen molar-refractivity contribution in [3.8, 4) is 5.75 Å². The summed E-state index contributed by atoms with van der Waals surface area (Å²) in [5, 5.41) is 12.7. The third-order valence-corrected chi connectivity index (χ3v) is 3.86. The number of nitrogens with zero attached hydrogens (tertiary/aromatic N) is 2. The molecule has 0 saturated heterocycles. The van der Waals surface area contributed by atoms with E-state index in [2.05, 4.69) is 34.6 Å². The first kappa shape index (κ1) is 14.7. The van der Waals surface area contributed by atoms with E-state index < -0.39 is 0 Å². The van der Waals surface area contributed by atoms with Gasteiger partial charge in [0.2, 0.25) is 5.13 Å². The second kappa shape index (κ2) is 7.21. The van der Waals surface area contributed by atoms with Gasteiger partial charge in [0, 0.05) is 6.04 Å². The van der Waals surface area contributed by atoms with Crippen LogP contribution in [-0.4, -0.2) is 23.3 Å². The third-order valence-electron chi connectivity index (χ3n) is 3.11. The van der Waals surface area contributed by atoms with Gasteiger partial charge < -0.3 is 15.8 Å². The summed E-state index contributed by atoms with van der Waals surface area (Å²) in [7, 11) is 1.68. The molecule has 0 amide bonds. The van der Waals surface area contributed by atoms with E-state index in [4.69, 9.17) is 10.5 Å². The topological polar surface area (TPSA) is 73.1 Å². The van der Waals surface area contributed by atoms with Gasteiger partial charge in [-0.2, -0.15) is 0 Å². The van der Waals surface area contributed by atoms with Gasteiger partial charge in [0.1, 0.15) is 10.8 Å². The summed E-state index contributed by atoms with van der Waals surface area (Å²) in [4.78, 5) is 0. The number of hydrogen-bond acceptors (Lipinski definition) is 6. The van der Waals surface area contributed by atoms with Crippen LogP contribution in [0.15, 0.2) is 24.3 Å². The molecular formula is C14H20N4OS. The third kappa shape index (κ3) is 4.47. The maximum atomic E-state index is 5.55. The molecule has 2 rings (SSSR count). The molecule has 0 spiro atoms. The van der Waals surface area contributed by atoms with Crippen LogP contribution in [0.1, 0.15) is 23.9 Å². The fraction of sp³-hybridized carbons (Fsp3) is 0.429. The lowest BCUT2D eigenvalue weighted by Gasteiger charge is -2.12. The van der Waals surface area contributed by atoms with Crippen molar-refractivity contribution in [3.63, 3.8) is 0 Å². The van der Waals surface area contributed by atoms with E-state index in [1.807, 2.05) is 12.1 Å². The van der Waals surface area contributed by atoms with Crippen LogP contribution in [0, 0.1) is 0 Å². The van der Waals surface area contributed by atoms with Crippen LogP contribution in [0.3, 0.4) is 0 Å². The van der Waals surface area contributed by atoms with Gasteiger partial charge in [-0.15, -0.1) is 10.2 Å². The van der Waals surface area contributed by atoms with E-state index in [-0.39, 0.29) is 0 Å². The van der Waals surface area contributed by atoms with Crippen LogP contribution in [0.25, 0.3) is 0 Å². The van der Waals surface area contributed by atoms with Crippen molar-refractivity contribution in [1.82, 2.24) is 15.5 Å². The highest BCUT2D eigenvalue weighted by Crippen LogP contribution is 2.14. The fourth-order valence-electron chi connectivity index (χ4n) is 1.88. The molecule has 3 N–H and O–H groups in total. The summed E-state index contributed by atoms with van der Waals surface area (Å²) in [6.07, 6.45) is 2.11. The molecule has 6 heteroatoms. The summed E-state index contributed by atoms with van der Waals surface area (Å²) in [6, 6.07) is 8.63. The van der Waals surface area contributed by atoms with Crippen molar-refractivity contribution in [2.75, 3.05) is 12.8 Å². The lowest BCUT2D eigenvalue weighted by Crippen LogP contribution is -2.25. The van der Waals surface area contributed by atoms with Gasteiger partial charge in [-0.3, -0.25) is 0 Å². The number of anilines is 1. The van der Waals surface area contributed by atoms with Crippen LogP contribution in [0.5, 0.6) is 5.75 Å². The quantitative estimate of drug-likeness (QED) is 0.819. The fourth-order valence-corrected chi connectivity index (χ4v) is 2.44. The predicted molar refractivity (Wildman–Crippen MR) is 81.9 cm³/mol. The van der Waals surface area contributed by atoms with Gasteiger partial charge in [-0.25, -0.2) is 0 Å². The highest BCUT2D eigenvalue weighted by atomic mass is 32.1. The van der Waals surface area contributed by atoms with Crippen molar-refractivity contribution in [2.24, 2.45) is 0 Å². The molecular weight excluding hydrogens is 272 g/mol. The van der Waals surface area contributed by atoms with Crippen molar-refractivity contribution >= 4 is 16.5 Å². The van der Waals surface area contributed by atoms with Crippen LogP contribution >= 0.6 is 11.3 Å². The zero-order valence-corrected chi connectivity index (χ0v) is 12.6. The van der Waals surface area contributed by atoms with Crippen molar-refractivity contribution < 1.29 is 4.74 Å². The Bertz CT molecular complexity index is 526. The van der Waals surface area contributed by atoms with Gasteiger partial charge in [0.15, 0.2) is 0 Å². The minimum Gasteiger partial charge on any atom is -0.497 e. The molecule has 1 aromatic carbocycles. The molecule has 0 bridgehead atoms. The highest BCUT2D eigenvalue weighted by Gasteiger charge is 2.05. The minimum atomic E-state index is 0.419. The first-order valence-corrected chi connectivity index (χ1v) is 7.43. The van der Waals surface area contributed by atoms with Gasteiger partial charge in [0.25, 0.3) is 0 Å². The van der Waals surface area contributed by atoms with Gasteiger partial charge in [-0.1, -0.05) is 23.5 Å². The molecule has 108 valence electrons. The van der Waals surface area contributed by atoms with Crippen molar-refractivity contribution in [3.05, 3.63) is 34.8 Å². The molecule has 0 saturated carbocycles. The van der Waals surface area contributed by atoms with E-state index in [1.54, 1.807) is 7.11 Å².